The molecule has 1 rings (SSSR count). The molecule has 0 aliphatic carbocycles. The van der Waals surface area contributed by atoms with E-state index >= 15 is 0 Å². The van der Waals surface area contributed by atoms with Crippen molar-refractivity contribution in [1.29, 1.82) is 0 Å². The van der Waals surface area contributed by atoms with E-state index in [2.05, 4.69) is 50.0 Å². The van der Waals surface area contributed by atoms with Gasteiger partial charge in [0.05, 0.1) is 0 Å². The van der Waals surface area contributed by atoms with E-state index in [9.17, 15) is 0 Å². The Labute approximate surface area is 171 Å². The number of hydrogen-bond donors (Lipinski definition) is 0. The van der Waals surface area contributed by atoms with Crippen LogP contribution in [0.15, 0.2) is 12.4 Å². The van der Waals surface area contributed by atoms with Crippen molar-refractivity contribution in [2.45, 2.75) is 142 Å². The molecule has 0 radical (unpaired) electrons. The lowest BCUT2D eigenvalue weighted by atomic mass is 10.0. The van der Waals surface area contributed by atoms with Crippen LogP contribution >= 0.6 is 0 Å². The molecular weight excluding hydrogens is 328 g/mol. The van der Waals surface area contributed by atoms with Crippen molar-refractivity contribution in [3.63, 3.8) is 0 Å². The molecule has 160 valence electrons. The highest BCUT2D eigenvalue weighted by Gasteiger charge is 2.24. The SMILES string of the molecule is CCCCCCCCCCCCCCCCCCC1N(C)C=CN1C(C)C. The van der Waals surface area contributed by atoms with Gasteiger partial charge in [-0.05, 0) is 26.7 Å². The van der Waals surface area contributed by atoms with Crippen LogP contribution in [0.1, 0.15) is 130 Å². The minimum absolute atomic E-state index is 0.594. The molecule has 0 aromatic heterocycles. The Bertz CT molecular complexity index is 350. The Morgan fingerprint density at radius 1 is 0.630 bits per heavy atom. The summed E-state index contributed by atoms with van der Waals surface area (Å²) >= 11 is 0. The molecule has 1 aliphatic heterocycles. The molecule has 0 saturated heterocycles. The Kier molecular flexibility index (Phi) is 14.7. The predicted octanol–water partition coefficient (Wildman–Crippen LogP) is 8.09. The van der Waals surface area contributed by atoms with Gasteiger partial charge >= 0.3 is 0 Å². The maximum Gasteiger partial charge on any atom is 0.101 e. The first kappa shape index (κ1) is 24.4. The van der Waals surface area contributed by atoms with Gasteiger partial charge in [0.1, 0.15) is 6.17 Å². The van der Waals surface area contributed by atoms with E-state index in [1.165, 1.54) is 109 Å². The number of hydrogen-bond acceptors (Lipinski definition) is 2. The highest BCUT2D eigenvalue weighted by molar-refractivity contribution is 4.96. The largest absolute Gasteiger partial charge is 0.359 e. The highest BCUT2D eigenvalue weighted by atomic mass is 15.4. The van der Waals surface area contributed by atoms with Crippen LogP contribution in [-0.4, -0.2) is 29.1 Å². The minimum Gasteiger partial charge on any atom is -0.359 e. The fourth-order valence-corrected chi connectivity index (χ4v) is 4.34. The molecule has 1 aliphatic rings. The van der Waals surface area contributed by atoms with Gasteiger partial charge in [-0.15, -0.1) is 0 Å². The summed E-state index contributed by atoms with van der Waals surface area (Å²) in [6.07, 6.45) is 29.6. The summed E-state index contributed by atoms with van der Waals surface area (Å²) in [6, 6.07) is 0.609. The lowest BCUT2D eigenvalue weighted by molar-refractivity contribution is 0.134. The summed E-state index contributed by atoms with van der Waals surface area (Å²) in [6.45, 7) is 6.89. The Balaban J connectivity index is 1.81. The van der Waals surface area contributed by atoms with Gasteiger partial charge in [0.25, 0.3) is 0 Å². The third kappa shape index (κ3) is 11.7. The van der Waals surface area contributed by atoms with Gasteiger partial charge in [0.2, 0.25) is 0 Å². The van der Waals surface area contributed by atoms with Gasteiger partial charge in [-0.3, -0.25) is 0 Å². The molecule has 0 amide bonds. The van der Waals surface area contributed by atoms with Crippen molar-refractivity contribution in [3.05, 3.63) is 12.4 Å². The van der Waals surface area contributed by atoms with E-state index in [0.29, 0.717) is 12.2 Å². The molecule has 0 fully saturated rings. The zero-order valence-electron chi connectivity index (χ0n) is 19.2. The fourth-order valence-electron chi connectivity index (χ4n) is 4.34. The van der Waals surface area contributed by atoms with E-state index in [1.54, 1.807) is 0 Å². The minimum atomic E-state index is 0.594. The van der Waals surface area contributed by atoms with Gasteiger partial charge in [-0.25, -0.2) is 0 Å². The van der Waals surface area contributed by atoms with Crippen molar-refractivity contribution in [2.24, 2.45) is 0 Å². The molecule has 0 N–H and O–H groups in total. The first-order valence-electron chi connectivity index (χ1n) is 12.3. The topological polar surface area (TPSA) is 6.48 Å². The first-order valence-corrected chi connectivity index (χ1v) is 12.3. The van der Waals surface area contributed by atoms with E-state index in [4.69, 9.17) is 0 Å². The van der Waals surface area contributed by atoms with Crippen LogP contribution in [0.4, 0.5) is 0 Å². The normalized spacial score (nSPS) is 16.9. The van der Waals surface area contributed by atoms with Crippen molar-refractivity contribution in [1.82, 2.24) is 9.80 Å². The zero-order chi connectivity index (χ0) is 19.7. The molecule has 1 heterocycles. The molecule has 1 atom stereocenters. The standard InChI is InChI=1S/C25H50N2/c1-5-6-7-8-9-10-11-12-13-14-15-16-17-18-19-20-21-25-26(4)22-23-27(25)24(2)3/h22-25H,5-21H2,1-4H3. The molecule has 27 heavy (non-hydrogen) atoms. The molecule has 0 spiro atoms. The average molecular weight is 379 g/mol. The van der Waals surface area contributed by atoms with Crippen LogP contribution in [0.3, 0.4) is 0 Å². The molecule has 0 saturated carbocycles. The second-order valence-corrected chi connectivity index (χ2v) is 9.08. The Hall–Kier alpha value is -0.660. The van der Waals surface area contributed by atoms with E-state index in [-0.39, 0.29) is 0 Å². The van der Waals surface area contributed by atoms with E-state index in [0.717, 1.165) is 0 Å². The zero-order valence-corrected chi connectivity index (χ0v) is 19.2. The van der Waals surface area contributed by atoms with Crippen molar-refractivity contribution in [2.75, 3.05) is 7.05 Å². The second-order valence-electron chi connectivity index (χ2n) is 9.08. The third-order valence-electron chi connectivity index (χ3n) is 6.20. The van der Waals surface area contributed by atoms with Gasteiger partial charge in [0, 0.05) is 25.5 Å². The molecule has 0 aromatic carbocycles. The molecule has 2 nitrogen and oxygen atoms in total. The monoisotopic (exact) mass is 378 g/mol. The summed E-state index contributed by atoms with van der Waals surface area (Å²) in [7, 11) is 2.22. The molecule has 1 unspecified atom stereocenters. The quantitative estimate of drug-likeness (QED) is 0.222. The van der Waals surface area contributed by atoms with Crippen molar-refractivity contribution >= 4 is 0 Å². The van der Waals surface area contributed by atoms with Crippen molar-refractivity contribution in [3.8, 4) is 0 Å². The van der Waals surface area contributed by atoms with Crippen LogP contribution < -0.4 is 0 Å². The Morgan fingerprint density at radius 3 is 1.44 bits per heavy atom. The third-order valence-corrected chi connectivity index (χ3v) is 6.20. The molecule has 0 aromatic rings. The van der Waals surface area contributed by atoms with E-state index in [1.807, 2.05) is 0 Å². The van der Waals surface area contributed by atoms with Crippen LogP contribution in [0.25, 0.3) is 0 Å². The Morgan fingerprint density at radius 2 is 1.04 bits per heavy atom. The molecule has 0 bridgehead atoms. The smallest absolute Gasteiger partial charge is 0.101 e. The summed E-state index contributed by atoms with van der Waals surface area (Å²) in [5.41, 5.74) is 0. The van der Waals surface area contributed by atoms with Gasteiger partial charge in [-0.1, -0.05) is 103 Å². The molecule has 2 heteroatoms. The lowest BCUT2D eigenvalue weighted by Gasteiger charge is -2.33. The second kappa shape index (κ2) is 16.3. The van der Waals surface area contributed by atoms with Gasteiger partial charge < -0.3 is 9.80 Å². The van der Waals surface area contributed by atoms with Crippen LogP contribution in [0.2, 0.25) is 0 Å². The number of unbranched alkanes of at least 4 members (excludes halogenated alkanes) is 15. The number of rotatable bonds is 18. The summed E-state index contributed by atoms with van der Waals surface area (Å²) in [5.74, 6) is 0. The van der Waals surface area contributed by atoms with E-state index < -0.39 is 0 Å². The van der Waals surface area contributed by atoms with Crippen LogP contribution in [0, 0.1) is 0 Å². The average Bonchev–Trinajstić information content (AvgIpc) is 3.02. The fraction of sp³-hybridized carbons (Fsp3) is 0.920. The van der Waals surface area contributed by atoms with Crippen molar-refractivity contribution < 1.29 is 0 Å². The summed E-state index contributed by atoms with van der Waals surface area (Å²) < 4.78 is 0. The lowest BCUT2D eigenvalue weighted by Crippen LogP contribution is -2.40. The summed E-state index contributed by atoms with van der Waals surface area (Å²) in [5, 5.41) is 0. The predicted molar refractivity (Wildman–Crippen MR) is 122 cm³/mol. The van der Waals surface area contributed by atoms with Gasteiger partial charge in [0.15, 0.2) is 0 Å². The van der Waals surface area contributed by atoms with Gasteiger partial charge in [-0.2, -0.15) is 0 Å². The molecular formula is C25H50N2. The highest BCUT2D eigenvalue weighted by Crippen LogP contribution is 2.22. The maximum atomic E-state index is 2.51. The van der Waals surface area contributed by atoms with Crippen LogP contribution in [0.5, 0.6) is 0 Å². The van der Waals surface area contributed by atoms with Crippen LogP contribution in [-0.2, 0) is 0 Å². The first-order chi connectivity index (χ1) is 13.2. The summed E-state index contributed by atoms with van der Waals surface area (Å²) in [4.78, 5) is 4.89. The number of nitrogens with zero attached hydrogens (tertiary/aromatic N) is 2. The maximum absolute atomic E-state index is 2.51.